The lowest BCUT2D eigenvalue weighted by Crippen LogP contribution is -2.31. The number of hydrogen-bond donors (Lipinski definition) is 2. The number of carbonyl (C=O) groups is 1. The summed E-state index contributed by atoms with van der Waals surface area (Å²) in [4.78, 5) is 11.5. The molecule has 10 heteroatoms. The lowest BCUT2D eigenvalue weighted by Gasteiger charge is -2.24. The highest BCUT2D eigenvalue weighted by Crippen LogP contribution is 2.52. The van der Waals surface area contributed by atoms with Crippen LogP contribution in [0.5, 0.6) is 0 Å². The topological polar surface area (TPSA) is 129 Å². The molecular formula is C37H48NO7S2+. The van der Waals surface area contributed by atoms with Gasteiger partial charge in [-0.3, -0.25) is 9.11 Å². The maximum atomic E-state index is 12.1. The maximum Gasteiger partial charge on any atom is 0.294 e. The van der Waals surface area contributed by atoms with Crippen LogP contribution in [-0.2, 0) is 35.9 Å². The van der Waals surface area contributed by atoms with Crippen molar-refractivity contribution in [2.24, 2.45) is 0 Å². The van der Waals surface area contributed by atoms with E-state index >= 15 is 0 Å². The molecule has 4 rings (SSSR count). The van der Waals surface area contributed by atoms with Gasteiger partial charge in [0.2, 0.25) is 5.69 Å². The van der Waals surface area contributed by atoms with Crippen LogP contribution in [0.4, 0.5) is 5.69 Å². The van der Waals surface area contributed by atoms with Crippen LogP contribution in [0.1, 0.15) is 102 Å². The van der Waals surface area contributed by atoms with E-state index in [9.17, 15) is 30.7 Å². The van der Waals surface area contributed by atoms with Crippen molar-refractivity contribution in [2.45, 2.75) is 101 Å². The Kier molecular flexibility index (Phi) is 11.3. The Balaban J connectivity index is 1.68. The Morgan fingerprint density at radius 1 is 0.936 bits per heavy atom. The van der Waals surface area contributed by atoms with Gasteiger partial charge < -0.3 is 4.79 Å². The summed E-state index contributed by atoms with van der Waals surface area (Å²) in [7, 11) is -8.43. The van der Waals surface area contributed by atoms with Crippen molar-refractivity contribution >= 4 is 37.4 Å². The second kappa shape index (κ2) is 14.5. The number of allylic oxidation sites excluding steroid dienone is 6. The molecule has 2 aromatic carbocycles. The average molecular weight is 683 g/mol. The Morgan fingerprint density at radius 3 is 2.32 bits per heavy atom. The molecule has 2 aromatic rings. The maximum absolute atomic E-state index is 12.1. The second-order valence-electron chi connectivity index (χ2n) is 13.5. The molecule has 0 saturated carbocycles. The molecule has 0 radical (unpaired) electrons. The molecule has 2 aliphatic rings. The predicted molar refractivity (Wildman–Crippen MR) is 187 cm³/mol. The molecule has 0 aromatic heterocycles. The van der Waals surface area contributed by atoms with Crippen molar-refractivity contribution in [2.75, 3.05) is 12.3 Å². The Hall–Kier alpha value is -3.18. The summed E-state index contributed by atoms with van der Waals surface area (Å²) >= 11 is 0. The van der Waals surface area contributed by atoms with Crippen LogP contribution in [-0.4, -0.2) is 54.3 Å². The molecule has 1 aliphatic carbocycles. The van der Waals surface area contributed by atoms with Crippen LogP contribution in [0.25, 0.3) is 0 Å². The van der Waals surface area contributed by atoms with Gasteiger partial charge in [0.1, 0.15) is 12.3 Å². The summed E-state index contributed by atoms with van der Waals surface area (Å²) in [6.45, 7) is 10.9. The van der Waals surface area contributed by atoms with Gasteiger partial charge in [-0.05, 0) is 62.8 Å². The minimum Gasteiger partial charge on any atom is -0.300 e. The van der Waals surface area contributed by atoms with E-state index in [1.54, 1.807) is 19.1 Å². The van der Waals surface area contributed by atoms with Gasteiger partial charge in [0.25, 0.3) is 20.2 Å². The Bertz CT molecular complexity index is 1850. The minimum absolute atomic E-state index is 0.0330. The van der Waals surface area contributed by atoms with Crippen LogP contribution in [0.2, 0.25) is 0 Å². The number of fused-ring (bicyclic) bond motifs is 2. The molecule has 0 spiro atoms. The van der Waals surface area contributed by atoms with Gasteiger partial charge in [0.15, 0.2) is 5.71 Å². The van der Waals surface area contributed by atoms with E-state index in [0.29, 0.717) is 25.7 Å². The van der Waals surface area contributed by atoms with Crippen molar-refractivity contribution in [1.82, 2.24) is 0 Å². The molecule has 2 N–H and O–H groups in total. The second-order valence-corrected chi connectivity index (χ2v) is 16.5. The molecular weight excluding hydrogens is 635 g/mol. The summed E-state index contributed by atoms with van der Waals surface area (Å²) in [6.07, 6.45) is 14.7. The molecule has 47 heavy (non-hydrogen) atoms. The lowest BCUT2D eigenvalue weighted by atomic mass is 9.75. The smallest absolute Gasteiger partial charge is 0.294 e. The summed E-state index contributed by atoms with van der Waals surface area (Å²) < 4.78 is 68.4. The zero-order valence-corrected chi connectivity index (χ0v) is 29.7. The minimum atomic E-state index is -4.39. The van der Waals surface area contributed by atoms with E-state index in [0.717, 1.165) is 42.8 Å². The van der Waals surface area contributed by atoms with Crippen molar-refractivity contribution in [3.05, 3.63) is 95.1 Å². The molecule has 254 valence electrons. The molecule has 8 nitrogen and oxygen atoms in total. The van der Waals surface area contributed by atoms with Gasteiger partial charge in [0.05, 0.1) is 16.1 Å². The van der Waals surface area contributed by atoms with E-state index in [1.165, 1.54) is 22.8 Å². The lowest BCUT2D eigenvalue weighted by molar-refractivity contribution is -0.437. The monoisotopic (exact) mass is 682 g/mol. The van der Waals surface area contributed by atoms with Crippen molar-refractivity contribution < 1.29 is 35.3 Å². The largest absolute Gasteiger partial charge is 0.300 e. The van der Waals surface area contributed by atoms with E-state index < -0.39 is 25.7 Å². The van der Waals surface area contributed by atoms with Crippen LogP contribution in [0.15, 0.2) is 83.3 Å². The number of benzene rings is 2. The molecule has 0 fully saturated rings. The van der Waals surface area contributed by atoms with Gasteiger partial charge in [-0.25, -0.2) is 0 Å². The standard InChI is InChI=1S/C37H47NO7S2/c1-6-24-38-34-22-21-28(47(43,44)45)26-33(34)37(5,23-13-12-15-27(2)39)35(38)20-9-7-8-18-31-30(17-14-25-46(40,41)42)29-16-10-11-19-32(29)36(31,3)4/h7-11,16,18-22,26,30H,6,12-15,17,23-25H2,1-5H3,(H-,40,41,42,43,44,45)/p+1/b8-7+,20-9+,31-18+. The molecule has 1 heterocycles. The molecule has 1 aliphatic heterocycles. The van der Waals surface area contributed by atoms with E-state index in [2.05, 4.69) is 56.6 Å². The number of Topliss-reactive ketones (excluding diaryl/α,β-unsaturated/α-hetero) is 1. The molecule has 2 unspecified atom stereocenters. The third kappa shape index (κ3) is 8.28. The SMILES string of the molecule is CCC[N+]1=C(/C=C/C=C/C=C2\C(CCCS(=O)(=O)O)c3ccccc3C2(C)C)C(C)(CCCCC(C)=O)c2cc(S(=O)(=O)O)ccc21. The van der Waals surface area contributed by atoms with Crippen LogP contribution >= 0.6 is 0 Å². The number of nitrogens with zero attached hydrogens (tertiary/aromatic N) is 1. The van der Waals surface area contributed by atoms with Gasteiger partial charge in [0, 0.05) is 41.9 Å². The first kappa shape index (κ1) is 36.7. The van der Waals surface area contributed by atoms with Gasteiger partial charge in [-0.15, -0.1) is 0 Å². The predicted octanol–water partition coefficient (Wildman–Crippen LogP) is 7.63. The van der Waals surface area contributed by atoms with Gasteiger partial charge in [-0.1, -0.05) is 81.3 Å². The number of hydrogen-bond acceptors (Lipinski definition) is 5. The summed E-state index contributed by atoms with van der Waals surface area (Å²) in [6, 6.07) is 13.0. The molecule has 0 saturated heterocycles. The normalized spacial score (nSPS) is 21.7. The van der Waals surface area contributed by atoms with Crippen molar-refractivity contribution in [3.8, 4) is 0 Å². The van der Waals surface area contributed by atoms with E-state index in [4.69, 9.17) is 0 Å². The first-order valence-corrected chi connectivity index (χ1v) is 19.4. The quantitative estimate of drug-likeness (QED) is 0.0855. The fourth-order valence-electron chi connectivity index (χ4n) is 7.38. The third-order valence-electron chi connectivity index (χ3n) is 9.66. The van der Waals surface area contributed by atoms with Crippen LogP contribution < -0.4 is 0 Å². The Morgan fingerprint density at radius 2 is 1.66 bits per heavy atom. The van der Waals surface area contributed by atoms with E-state index in [-0.39, 0.29) is 27.8 Å². The number of ketones is 1. The Labute approximate surface area is 280 Å². The van der Waals surface area contributed by atoms with Crippen LogP contribution in [0.3, 0.4) is 0 Å². The van der Waals surface area contributed by atoms with Crippen molar-refractivity contribution in [1.29, 1.82) is 0 Å². The van der Waals surface area contributed by atoms with Gasteiger partial charge >= 0.3 is 0 Å². The fraction of sp³-hybridized carbons (Fsp3) is 0.459. The highest BCUT2D eigenvalue weighted by atomic mass is 32.2. The number of unbranched alkanes of at least 4 members (excludes halogenated alkanes) is 1. The van der Waals surface area contributed by atoms with Crippen LogP contribution in [0, 0.1) is 0 Å². The highest BCUT2D eigenvalue weighted by Gasteiger charge is 2.47. The fourth-order valence-corrected chi connectivity index (χ4v) is 8.41. The first-order valence-electron chi connectivity index (χ1n) is 16.4. The van der Waals surface area contributed by atoms with Gasteiger partial charge in [-0.2, -0.15) is 21.4 Å². The third-order valence-corrected chi connectivity index (χ3v) is 11.3. The zero-order valence-electron chi connectivity index (χ0n) is 28.1. The first-order chi connectivity index (χ1) is 22.0. The zero-order chi connectivity index (χ0) is 34.6. The highest BCUT2D eigenvalue weighted by molar-refractivity contribution is 7.86. The number of carbonyl (C=O) groups excluding carboxylic acids is 1. The van der Waals surface area contributed by atoms with Crippen molar-refractivity contribution in [3.63, 3.8) is 0 Å². The average Bonchev–Trinajstić information content (AvgIpc) is 3.34. The molecule has 0 bridgehead atoms. The molecule has 2 atom stereocenters. The summed E-state index contributed by atoms with van der Waals surface area (Å²) in [5.41, 5.74) is 5.56. The van der Waals surface area contributed by atoms with E-state index in [1.807, 2.05) is 30.4 Å². The number of rotatable bonds is 15. The summed E-state index contributed by atoms with van der Waals surface area (Å²) in [5, 5.41) is 0. The molecule has 0 amide bonds. The summed E-state index contributed by atoms with van der Waals surface area (Å²) in [5.74, 6) is -0.0987.